The van der Waals surface area contributed by atoms with E-state index >= 15 is 0 Å². The first-order valence-corrected chi connectivity index (χ1v) is 7.29. The molecule has 2 aromatic rings. The number of nitrogens with zero attached hydrogens (tertiary/aromatic N) is 1. The first-order valence-electron chi connectivity index (χ1n) is 7.29. The molecule has 6 heteroatoms. The molecule has 1 aromatic heterocycles. The van der Waals surface area contributed by atoms with Gasteiger partial charge in [-0.1, -0.05) is 30.3 Å². The Labute approximate surface area is 134 Å². The molecule has 23 heavy (non-hydrogen) atoms. The van der Waals surface area contributed by atoms with Crippen LogP contribution in [0.2, 0.25) is 0 Å². The fourth-order valence-electron chi connectivity index (χ4n) is 2.05. The van der Waals surface area contributed by atoms with Gasteiger partial charge < -0.3 is 20.3 Å². The van der Waals surface area contributed by atoms with Crippen LogP contribution in [0.25, 0.3) is 0 Å². The summed E-state index contributed by atoms with van der Waals surface area (Å²) in [7, 11) is 0. The standard InChI is InChI=1S/C17H20N2O4/c1-12-9-14(7-8-18-12)16(21)15(20)10-19-17(22)23-11-13-5-3-2-4-6-13/h2-9,15-16,20-21H,10-11H2,1H3,(H,19,22). The average molecular weight is 316 g/mol. The van der Waals surface area contributed by atoms with E-state index in [4.69, 9.17) is 4.74 Å². The molecule has 0 saturated heterocycles. The molecule has 0 saturated carbocycles. The van der Waals surface area contributed by atoms with E-state index in [-0.39, 0.29) is 13.2 Å². The van der Waals surface area contributed by atoms with Crippen LogP contribution in [0.1, 0.15) is 22.9 Å². The van der Waals surface area contributed by atoms with Gasteiger partial charge in [0.2, 0.25) is 0 Å². The topological polar surface area (TPSA) is 91.7 Å². The minimum Gasteiger partial charge on any atom is -0.445 e. The molecule has 6 nitrogen and oxygen atoms in total. The zero-order valence-electron chi connectivity index (χ0n) is 12.8. The van der Waals surface area contributed by atoms with Crippen LogP contribution in [0, 0.1) is 6.92 Å². The lowest BCUT2D eigenvalue weighted by atomic mass is 10.1. The molecule has 0 aliphatic heterocycles. The maximum absolute atomic E-state index is 11.6. The maximum atomic E-state index is 11.6. The van der Waals surface area contributed by atoms with Crippen molar-refractivity contribution in [1.82, 2.24) is 10.3 Å². The second-order valence-electron chi connectivity index (χ2n) is 5.19. The number of aryl methyl sites for hydroxylation is 1. The summed E-state index contributed by atoms with van der Waals surface area (Å²) in [5.41, 5.74) is 2.16. The monoisotopic (exact) mass is 316 g/mol. The number of ether oxygens (including phenoxy) is 1. The first kappa shape index (κ1) is 16.9. The van der Waals surface area contributed by atoms with Crippen LogP contribution in [0.5, 0.6) is 0 Å². The van der Waals surface area contributed by atoms with Crippen LogP contribution in [-0.4, -0.2) is 33.9 Å². The minimum absolute atomic E-state index is 0.115. The molecule has 0 fully saturated rings. The number of carbonyl (C=O) groups is 1. The molecular weight excluding hydrogens is 296 g/mol. The molecule has 2 rings (SSSR count). The third-order valence-electron chi connectivity index (χ3n) is 3.29. The number of nitrogens with one attached hydrogen (secondary N) is 1. The van der Waals surface area contributed by atoms with Gasteiger partial charge in [-0.25, -0.2) is 4.79 Å². The lowest BCUT2D eigenvalue weighted by molar-refractivity contribution is 0.0183. The van der Waals surface area contributed by atoms with Crippen LogP contribution in [0.15, 0.2) is 48.7 Å². The van der Waals surface area contributed by atoms with Crippen molar-refractivity contribution in [3.63, 3.8) is 0 Å². The number of aliphatic hydroxyl groups excluding tert-OH is 2. The maximum Gasteiger partial charge on any atom is 0.407 e. The highest BCUT2D eigenvalue weighted by molar-refractivity contribution is 5.67. The molecule has 0 aliphatic rings. The smallest absolute Gasteiger partial charge is 0.407 e. The molecule has 0 bridgehead atoms. The lowest BCUT2D eigenvalue weighted by Crippen LogP contribution is -2.35. The Morgan fingerprint density at radius 2 is 2.00 bits per heavy atom. The number of rotatable bonds is 6. The first-order chi connectivity index (χ1) is 11.1. The van der Waals surface area contributed by atoms with E-state index in [0.717, 1.165) is 11.3 Å². The number of hydrogen-bond acceptors (Lipinski definition) is 5. The largest absolute Gasteiger partial charge is 0.445 e. The highest BCUT2D eigenvalue weighted by Gasteiger charge is 2.19. The Bertz CT molecular complexity index is 634. The summed E-state index contributed by atoms with van der Waals surface area (Å²) in [6.45, 7) is 1.83. The van der Waals surface area contributed by atoms with E-state index in [1.165, 1.54) is 0 Å². The molecular formula is C17H20N2O4. The Hall–Kier alpha value is -2.44. The summed E-state index contributed by atoms with van der Waals surface area (Å²) in [5, 5.41) is 22.5. The summed E-state index contributed by atoms with van der Waals surface area (Å²) in [6, 6.07) is 12.6. The molecule has 1 aromatic carbocycles. The van der Waals surface area contributed by atoms with Gasteiger partial charge in [-0.15, -0.1) is 0 Å². The van der Waals surface area contributed by atoms with Crippen molar-refractivity contribution in [2.75, 3.05) is 6.54 Å². The van der Waals surface area contributed by atoms with Gasteiger partial charge in [0.1, 0.15) is 18.8 Å². The van der Waals surface area contributed by atoms with Crippen LogP contribution >= 0.6 is 0 Å². The minimum atomic E-state index is -1.14. The Balaban J connectivity index is 1.77. The number of aliphatic hydroxyl groups is 2. The van der Waals surface area contributed by atoms with E-state index < -0.39 is 18.3 Å². The lowest BCUT2D eigenvalue weighted by Gasteiger charge is -2.18. The van der Waals surface area contributed by atoms with Crippen LogP contribution in [0.3, 0.4) is 0 Å². The SMILES string of the molecule is Cc1cc(C(O)C(O)CNC(=O)OCc2ccccc2)ccn1. The highest BCUT2D eigenvalue weighted by atomic mass is 16.5. The van der Waals surface area contributed by atoms with Gasteiger partial charge in [-0.05, 0) is 30.2 Å². The van der Waals surface area contributed by atoms with Gasteiger partial charge in [0.15, 0.2) is 0 Å². The highest BCUT2D eigenvalue weighted by Crippen LogP contribution is 2.16. The third-order valence-corrected chi connectivity index (χ3v) is 3.29. The van der Waals surface area contributed by atoms with Crippen molar-refractivity contribution in [3.8, 4) is 0 Å². The number of hydrogen-bond donors (Lipinski definition) is 3. The Morgan fingerprint density at radius 1 is 1.26 bits per heavy atom. The normalized spacial score (nSPS) is 13.2. The van der Waals surface area contributed by atoms with Crippen LogP contribution < -0.4 is 5.32 Å². The van der Waals surface area contributed by atoms with Crippen molar-refractivity contribution in [3.05, 3.63) is 65.5 Å². The third kappa shape index (κ3) is 5.36. The fourth-order valence-corrected chi connectivity index (χ4v) is 2.05. The van der Waals surface area contributed by atoms with Crippen molar-refractivity contribution in [1.29, 1.82) is 0 Å². The molecule has 2 atom stereocenters. The number of carbonyl (C=O) groups excluding carboxylic acids is 1. The van der Waals surface area contributed by atoms with Crippen molar-refractivity contribution < 1.29 is 19.7 Å². The number of amides is 1. The number of benzene rings is 1. The predicted molar refractivity (Wildman–Crippen MR) is 84.6 cm³/mol. The zero-order valence-corrected chi connectivity index (χ0v) is 12.8. The second-order valence-corrected chi connectivity index (χ2v) is 5.19. The Kier molecular flexibility index (Phi) is 6.08. The van der Waals surface area contributed by atoms with Gasteiger partial charge in [0.25, 0.3) is 0 Å². The molecule has 0 radical (unpaired) electrons. The van der Waals surface area contributed by atoms with Crippen molar-refractivity contribution in [2.45, 2.75) is 25.7 Å². The number of pyridine rings is 1. The molecule has 1 amide bonds. The molecule has 122 valence electrons. The van der Waals surface area contributed by atoms with Gasteiger partial charge in [-0.2, -0.15) is 0 Å². The zero-order chi connectivity index (χ0) is 16.7. The quantitative estimate of drug-likeness (QED) is 0.754. The van der Waals surface area contributed by atoms with E-state index in [9.17, 15) is 15.0 Å². The van der Waals surface area contributed by atoms with Gasteiger partial charge in [0, 0.05) is 18.4 Å². The molecule has 3 N–H and O–H groups in total. The fraction of sp³-hybridized carbons (Fsp3) is 0.294. The summed E-state index contributed by atoms with van der Waals surface area (Å²) in [6.07, 6.45) is -1.33. The predicted octanol–water partition coefficient (Wildman–Crippen LogP) is 1.71. The second kappa shape index (κ2) is 8.26. The summed E-state index contributed by atoms with van der Waals surface area (Å²) < 4.78 is 5.03. The van der Waals surface area contributed by atoms with Gasteiger partial charge >= 0.3 is 6.09 Å². The van der Waals surface area contributed by atoms with E-state index in [0.29, 0.717) is 5.56 Å². The average Bonchev–Trinajstić information content (AvgIpc) is 2.58. The van der Waals surface area contributed by atoms with E-state index in [1.54, 1.807) is 25.3 Å². The van der Waals surface area contributed by atoms with Crippen LogP contribution in [0.4, 0.5) is 4.79 Å². The number of aromatic nitrogens is 1. The van der Waals surface area contributed by atoms with E-state index in [1.807, 2.05) is 30.3 Å². The summed E-state index contributed by atoms with van der Waals surface area (Å²) in [5.74, 6) is 0. The molecule has 0 aliphatic carbocycles. The summed E-state index contributed by atoms with van der Waals surface area (Å²) in [4.78, 5) is 15.6. The van der Waals surface area contributed by atoms with Crippen LogP contribution in [-0.2, 0) is 11.3 Å². The van der Waals surface area contributed by atoms with E-state index in [2.05, 4.69) is 10.3 Å². The van der Waals surface area contributed by atoms with Gasteiger partial charge in [-0.3, -0.25) is 4.98 Å². The molecule has 1 heterocycles. The van der Waals surface area contributed by atoms with Gasteiger partial charge in [0.05, 0.1) is 0 Å². The van der Waals surface area contributed by atoms with Crippen molar-refractivity contribution in [2.24, 2.45) is 0 Å². The summed E-state index contributed by atoms with van der Waals surface area (Å²) >= 11 is 0. The molecule has 2 unspecified atom stereocenters. The number of alkyl carbamates (subject to hydrolysis) is 1. The molecule has 0 spiro atoms. The Morgan fingerprint density at radius 3 is 2.70 bits per heavy atom. The van der Waals surface area contributed by atoms with Crippen molar-refractivity contribution >= 4 is 6.09 Å².